The van der Waals surface area contributed by atoms with Crippen molar-refractivity contribution >= 4 is 0 Å². The van der Waals surface area contributed by atoms with E-state index < -0.39 is 0 Å². The number of benzene rings is 1. The highest BCUT2D eigenvalue weighted by molar-refractivity contribution is 5.24. The topological polar surface area (TPSA) is 29.3 Å². The van der Waals surface area contributed by atoms with Crippen molar-refractivity contribution in [2.75, 3.05) is 13.6 Å². The van der Waals surface area contributed by atoms with Gasteiger partial charge in [-0.3, -0.25) is 0 Å². The predicted molar refractivity (Wildman–Crippen MR) is 75.1 cm³/mol. The maximum atomic E-state index is 6.25. The zero-order valence-electron chi connectivity index (χ0n) is 11.6. The van der Waals surface area contributed by atoms with Crippen molar-refractivity contribution in [2.24, 2.45) is 5.73 Å². The van der Waals surface area contributed by atoms with Gasteiger partial charge in [-0.25, -0.2) is 0 Å². The summed E-state index contributed by atoms with van der Waals surface area (Å²) in [4.78, 5) is 2.38. The third-order valence-corrected chi connectivity index (χ3v) is 3.56. The van der Waals surface area contributed by atoms with E-state index in [-0.39, 0.29) is 6.04 Å². The Labute approximate surface area is 106 Å². The van der Waals surface area contributed by atoms with Crippen LogP contribution < -0.4 is 5.73 Å². The molecule has 17 heavy (non-hydrogen) atoms. The molecule has 0 bridgehead atoms. The van der Waals surface area contributed by atoms with Gasteiger partial charge < -0.3 is 10.6 Å². The highest BCUT2D eigenvalue weighted by Gasteiger charge is 2.14. The van der Waals surface area contributed by atoms with Crippen LogP contribution in [0, 0.1) is 6.92 Å². The van der Waals surface area contributed by atoms with Crippen LogP contribution in [0.5, 0.6) is 0 Å². The van der Waals surface area contributed by atoms with Gasteiger partial charge in [0.2, 0.25) is 0 Å². The summed E-state index contributed by atoms with van der Waals surface area (Å²) in [6, 6.07) is 9.30. The van der Waals surface area contributed by atoms with Crippen LogP contribution in [0.25, 0.3) is 0 Å². The second kappa shape index (κ2) is 6.77. The molecule has 0 fully saturated rings. The molecule has 0 amide bonds. The number of hydrogen-bond acceptors (Lipinski definition) is 2. The van der Waals surface area contributed by atoms with Gasteiger partial charge in [0.1, 0.15) is 0 Å². The average Bonchev–Trinajstić information content (AvgIpc) is 2.31. The van der Waals surface area contributed by atoms with Gasteiger partial charge in [0, 0.05) is 18.6 Å². The molecular weight excluding hydrogens is 208 g/mol. The fourth-order valence-electron chi connectivity index (χ4n) is 2.29. The average molecular weight is 234 g/mol. The Kier molecular flexibility index (Phi) is 5.66. The first-order valence-corrected chi connectivity index (χ1v) is 6.60. The van der Waals surface area contributed by atoms with E-state index in [2.05, 4.69) is 57.0 Å². The van der Waals surface area contributed by atoms with Crippen LogP contribution in [-0.2, 0) is 0 Å². The molecule has 1 unspecified atom stereocenters. The van der Waals surface area contributed by atoms with Gasteiger partial charge in [-0.1, -0.05) is 43.7 Å². The number of nitrogens with two attached hydrogens (primary N) is 1. The summed E-state index contributed by atoms with van der Waals surface area (Å²) in [5.74, 6) is 0. The van der Waals surface area contributed by atoms with Crippen molar-refractivity contribution in [3.63, 3.8) is 0 Å². The van der Waals surface area contributed by atoms with Gasteiger partial charge in [-0.15, -0.1) is 0 Å². The third-order valence-electron chi connectivity index (χ3n) is 3.56. The summed E-state index contributed by atoms with van der Waals surface area (Å²) in [5, 5.41) is 0. The largest absolute Gasteiger partial charge is 0.323 e. The van der Waals surface area contributed by atoms with Gasteiger partial charge in [0.15, 0.2) is 0 Å². The molecule has 2 N–H and O–H groups in total. The molecular formula is C15H26N2. The molecule has 0 heterocycles. The van der Waals surface area contributed by atoms with Crippen molar-refractivity contribution in [1.82, 2.24) is 4.90 Å². The maximum Gasteiger partial charge on any atom is 0.0424 e. The van der Waals surface area contributed by atoms with E-state index in [0.717, 1.165) is 6.54 Å². The second-order valence-electron chi connectivity index (χ2n) is 4.93. The first-order valence-electron chi connectivity index (χ1n) is 6.60. The van der Waals surface area contributed by atoms with Crippen LogP contribution >= 0.6 is 0 Å². The Balaban J connectivity index is 2.59. The van der Waals surface area contributed by atoms with E-state index in [1.807, 2.05) is 0 Å². The first kappa shape index (κ1) is 14.2. The molecule has 0 radical (unpaired) electrons. The Bertz CT molecular complexity index is 314. The number of nitrogens with zero attached hydrogens (tertiary/aromatic N) is 1. The zero-order chi connectivity index (χ0) is 12.8. The molecule has 0 aliphatic carbocycles. The molecule has 0 saturated heterocycles. The quantitative estimate of drug-likeness (QED) is 0.819. The lowest BCUT2D eigenvalue weighted by Gasteiger charge is -2.28. The molecule has 1 atom stereocenters. The second-order valence-corrected chi connectivity index (χ2v) is 4.93. The molecule has 0 aliphatic rings. The van der Waals surface area contributed by atoms with Crippen molar-refractivity contribution < 1.29 is 0 Å². The van der Waals surface area contributed by atoms with E-state index in [1.165, 1.54) is 24.0 Å². The molecule has 2 nitrogen and oxygen atoms in total. The minimum atomic E-state index is 0.112. The minimum absolute atomic E-state index is 0.112. The van der Waals surface area contributed by atoms with Gasteiger partial charge in [0.05, 0.1) is 0 Å². The Morgan fingerprint density at radius 1 is 1.12 bits per heavy atom. The summed E-state index contributed by atoms with van der Waals surface area (Å²) in [6.45, 7) is 7.51. The summed E-state index contributed by atoms with van der Waals surface area (Å²) >= 11 is 0. The summed E-state index contributed by atoms with van der Waals surface area (Å²) in [5.41, 5.74) is 8.77. The van der Waals surface area contributed by atoms with E-state index in [9.17, 15) is 0 Å². The Hall–Kier alpha value is -0.860. The predicted octanol–water partition coefficient (Wildman–Crippen LogP) is 3.12. The standard InChI is InChI=1S/C15H26N2/c1-5-14(6-2)17(4)11-15(16)13-9-7-12(3)8-10-13/h7-10,14-15H,5-6,11,16H2,1-4H3. The SMILES string of the molecule is CCC(CC)N(C)CC(N)c1ccc(C)cc1. The first-order chi connectivity index (χ1) is 8.08. The van der Waals surface area contributed by atoms with Crippen LogP contribution in [0.3, 0.4) is 0 Å². The molecule has 2 heteroatoms. The van der Waals surface area contributed by atoms with E-state index in [4.69, 9.17) is 5.73 Å². The molecule has 0 saturated carbocycles. The number of aryl methyl sites for hydroxylation is 1. The van der Waals surface area contributed by atoms with Crippen LogP contribution in [0.15, 0.2) is 24.3 Å². The van der Waals surface area contributed by atoms with E-state index in [0.29, 0.717) is 6.04 Å². The van der Waals surface area contributed by atoms with Gasteiger partial charge in [-0.2, -0.15) is 0 Å². The molecule has 1 aromatic carbocycles. The smallest absolute Gasteiger partial charge is 0.0424 e. The fraction of sp³-hybridized carbons (Fsp3) is 0.600. The van der Waals surface area contributed by atoms with E-state index >= 15 is 0 Å². The molecule has 1 aromatic rings. The lowest BCUT2D eigenvalue weighted by molar-refractivity contribution is 0.217. The minimum Gasteiger partial charge on any atom is -0.323 e. The highest BCUT2D eigenvalue weighted by Crippen LogP contribution is 2.15. The zero-order valence-corrected chi connectivity index (χ0v) is 11.6. The molecule has 0 spiro atoms. The normalized spacial score (nSPS) is 13.4. The molecule has 96 valence electrons. The number of likely N-dealkylation sites (N-methyl/N-ethyl adjacent to an activating group) is 1. The lowest BCUT2D eigenvalue weighted by Crippen LogP contribution is -2.36. The molecule has 1 rings (SSSR count). The summed E-state index contributed by atoms with van der Waals surface area (Å²) in [7, 11) is 2.17. The Morgan fingerprint density at radius 2 is 1.65 bits per heavy atom. The van der Waals surface area contributed by atoms with Crippen LogP contribution in [0.2, 0.25) is 0 Å². The van der Waals surface area contributed by atoms with Gasteiger partial charge >= 0.3 is 0 Å². The van der Waals surface area contributed by atoms with Crippen molar-refractivity contribution in [3.05, 3.63) is 35.4 Å². The molecule has 0 aliphatic heterocycles. The Morgan fingerprint density at radius 3 is 2.12 bits per heavy atom. The van der Waals surface area contributed by atoms with Crippen LogP contribution in [0.1, 0.15) is 43.9 Å². The number of hydrogen-bond donors (Lipinski definition) is 1. The van der Waals surface area contributed by atoms with Crippen LogP contribution in [-0.4, -0.2) is 24.5 Å². The van der Waals surface area contributed by atoms with E-state index in [1.54, 1.807) is 0 Å². The molecule has 0 aromatic heterocycles. The summed E-state index contributed by atoms with van der Waals surface area (Å²) < 4.78 is 0. The lowest BCUT2D eigenvalue weighted by atomic mass is 10.0. The fourth-order valence-corrected chi connectivity index (χ4v) is 2.29. The van der Waals surface area contributed by atoms with Crippen molar-refractivity contribution in [1.29, 1.82) is 0 Å². The van der Waals surface area contributed by atoms with Crippen LogP contribution in [0.4, 0.5) is 0 Å². The van der Waals surface area contributed by atoms with Crippen molar-refractivity contribution in [3.8, 4) is 0 Å². The monoisotopic (exact) mass is 234 g/mol. The maximum absolute atomic E-state index is 6.25. The van der Waals surface area contributed by atoms with Gasteiger partial charge in [-0.05, 0) is 32.4 Å². The van der Waals surface area contributed by atoms with Crippen molar-refractivity contribution in [2.45, 2.75) is 45.7 Å². The highest BCUT2D eigenvalue weighted by atomic mass is 15.1. The third kappa shape index (κ3) is 4.14. The van der Waals surface area contributed by atoms with Gasteiger partial charge in [0.25, 0.3) is 0 Å². The summed E-state index contributed by atoms with van der Waals surface area (Å²) in [6.07, 6.45) is 2.38. The number of rotatable bonds is 6.